The molecule has 0 aliphatic heterocycles. The van der Waals surface area contributed by atoms with E-state index >= 15 is 0 Å². The van der Waals surface area contributed by atoms with Gasteiger partial charge >= 0.3 is 0 Å². The third kappa shape index (κ3) is 6.53. The first-order valence-electron chi connectivity index (χ1n) is 9.48. The second kappa shape index (κ2) is 11.7. The Hall–Kier alpha value is -2.06. The van der Waals surface area contributed by atoms with Crippen LogP contribution in [0.2, 0.25) is 0 Å². The summed E-state index contributed by atoms with van der Waals surface area (Å²) in [4.78, 5) is 9.95. The predicted molar refractivity (Wildman–Crippen MR) is 130 cm³/mol. The van der Waals surface area contributed by atoms with Gasteiger partial charge in [0.15, 0.2) is 5.96 Å². The first kappa shape index (κ1) is 22.2. The number of likely N-dealkylation sites (N-methyl/N-ethyl adjacent to an activating group) is 1. The maximum absolute atomic E-state index is 4.32. The van der Waals surface area contributed by atoms with Crippen molar-refractivity contribution >= 4 is 40.8 Å². The molecule has 1 heterocycles. The van der Waals surface area contributed by atoms with Gasteiger partial charge in [0.2, 0.25) is 0 Å². The van der Waals surface area contributed by atoms with Gasteiger partial charge in [0, 0.05) is 50.3 Å². The number of aliphatic imine (C=N–C) groups is 1. The topological polar surface area (TPSA) is 55.5 Å². The fourth-order valence-corrected chi connectivity index (χ4v) is 3.21. The highest BCUT2D eigenvalue weighted by Crippen LogP contribution is 2.17. The number of rotatable bonds is 8. The van der Waals surface area contributed by atoms with E-state index in [4.69, 9.17) is 0 Å². The van der Waals surface area contributed by atoms with Gasteiger partial charge in [0.1, 0.15) is 0 Å². The molecule has 28 heavy (non-hydrogen) atoms. The maximum Gasteiger partial charge on any atom is 0.191 e. The predicted octanol–water partition coefficient (Wildman–Crippen LogP) is 3.63. The zero-order chi connectivity index (χ0) is 18.9. The van der Waals surface area contributed by atoms with Crippen molar-refractivity contribution in [2.45, 2.75) is 13.0 Å². The number of halogens is 1. The molecule has 0 fully saturated rings. The average molecular weight is 491 g/mol. The SMILES string of the molecule is CN=C(NCCc1c[nH]c2ccccc12)NCCN(C)Cc1ccccc1.I. The zero-order valence-electron chi connectivity index (χ0n) is 16.6. The van der Waals surface area contributed by atoms with Crippen molar-refractivity contribution in [2.75, 3.05) is 33.7 Å². The van der Waals surface area contributed by atoms with Crippen LogP contribution in [-0.2, 0) is 13.0 Å². The molecule has 0 unspecified atom stereocenters. The molecule has 0 aliphatic rings. The number of fused-ring (bicyclic) bond motifs is 1. The summed E-state index contributed by atoms with van der Waals surface area (Å²) in [7, 11) is 3.95. The lowest BCUT2D eigenvalue weighted by Crippen LogP contribution is -2.41. The van der Waals surface area contributed by atoms with Crippen LogP contribution in [0.4, 0.5) is 0 Å². The lowest BCUT2D eigenvalue weighted by atomic mass is 10.1. The summed E-state index contributed by atoms with van der Waals surface area (Å²) in [6.45, 7) is 3.62. The van der Waals surface area contributed by atoms with Crippen molar-refractivity contribution in [3.8, 4) is 0 Å². The number of nitrogens with one attached hydrogen (secondary N) is 3. The fraction of sp³-hybridized carbons (Fsp3) is 0.318. The Kier molecular flexibility index (Phi) is 9.30. The molecule has 3 rings (SSSR count). The third-order valence-electron chi connectivity index (χ3n) is 4.67. The number of aromatic nitrogens is 1. The minimum absolute atomic E-state index is 0. The second-order valence-electron chi connectivity index (χ2n) is 6.76. The van der Waals surface area contributed by atoms with Crippen molar-refractivity contribution in [2.24, 2.45) is 4.99 Å². The largest absolute Gasteiger partial charge is 0.361 e. The molecule has 0 spiro atoms. The first-order chi connectivity index (χ1) is 13.3. The van der Waals surface area contributed by atoms with Gasteiger partial charge in [-0.15, -0.1) is 24.0 Å². The average Bonchev–Trinajstić information content (AvgIpc) is 3.11. The Balaban J connectivity index is 0.00000280. The summed E-state index contributed by atoms with van der Waals surface area (Å²) >= 11 is 0. The van der Waals surface area contributed by atoms with E-state index < -0.39 is 0 Å². The molecule has 150 valence electrons. The molecule has 0 aliphatic carbocycles. The van der Waals surface area contributed by atoms with Crippen LogP contribution >= 0.6 is 24.0 Å². The van der Waals surface area contributed by atoms with Crippen LogP contribution in [0.15, 0.2) is 65.8 Å². The molecule has 3 N–H and O–H groups in total. The van der Waals surface area contributed by atoms with Crippen molar-refractivity contribution in [1.29, 1.82) is 0 Å². The van der Waals surface area contributed by atoms with E-state index in [0.717, 1.165) is 38.6 Å². The van der Waals surface area contributed by atoms with Gasteiger partial charge in [0.05, 0.1) is 0 Å². The molecule has 1 aromatic heterocycles. The maximum atomic E-state index is 4.32. The highest BCUT2D eigenvalue weighted by atomic mass is 127. The number of benzene rings is 2. The number of H-pyrrole nitrogens is 1. The van der Waals surface area contributed by atoms with Crippen LogP contribution in [0.5, 0.6) is 0 Å². The van der Waals surface area contributed by atoms with Crippen LogP contribution in [0.1, 0.15) is 11.1 Å². The molecule has 2 aromatic carbocycles. The number of para-hydroxylation sites is 1. The van der Waals surface area contributed by atoms with Gasteiger partial charge in [-0.3, -0.25) is 4.99 Å². The Morgan fingerprint density at radius 2 is 1.71 bits per heavy atom. The van der Waals surface area contributed by atoms with Gasteiger partial charge in [-0.2, -0.15) is 0 Å². The number of aromatic amines is 1. The molecular formula is C22H30IN5. The third-order valence-corrected chi connectivity index (χ3v) is 4.67. The fourth-order valence-electron chi connectivity index (χ4n) is 3.21. The van der Waals surface area contributed by atoms with Gasteiger partial charge in [-0.1, -0.05) is 48.5 Å². The van der Waals surface area contributed by atoms with Crippen LogP contribution in [0, 0.1) is 0 Å². The molecular weight excluding hydrogens is 461 g/mol. The lowest BCUT2D eigenvalue weighted by molar-refractivity contribution is 0.331. The second-order valence-corrected chi connectivity index (χ2v) is 6.76. The van der Waals surface area contributed by atoms with E-state index in [1.165, 1.54) is 22.0 Å². The standard InChI is InChI=1S/C22H29N5.HI/c1-23-22(25-14-15-27(2)17-18-8-4-3-5-9-18)24-13-12-19-16-26-21-11-7-6-10-20(19)21;/h3-11,16,26H,12-15,17H2,1-2H3,(H2,23,24,25);1H. The lowest BCUT2D eigenvalue weighted by Gasteiger charge is -2.18. The summed E-state index contributed by atoms with van der Waals surface area (Å²) in [5.41, 5.74) is 3.86. The smallest absolute Gasteiger partial charge is 0.191 e. The number of guanidine groups is 1. The van der Waals surface area contributed by atoms with E-state index in [2.05, 4.69) is 93.4 Å². The van der Waals surface area contributed by atoms with Crippen LogP contribution in [0.3, 0.4) is 0 Å². The van der Waals surface area contributed by atoms with Crippen molar-refractivity contribution in [3.63, 3.8) is 0 Å². The molecule has 0 atom stereocenters. The number of hydrogen-bond acceptors (Lipinski definition) is 2. The Bertz CT molecular complexity index is 860. The van der Waals surface area contributed by atoms with E-state index in [0.29, 0.717) is 0 Å². The van der Waals surface area contributed by atoms with E-state index in [1.54, 1.807) is 0 Å². The summed E-state index contributed by atoms with van der Waals surface area (Å²) < 4.78 is 0. The van der Waals surface area contributed by atoms with Gasteiger partial charge < -0.3 is 20.5 Å². The van der Waals surface area contributed by atoms with Gasteiger partial charge in [-0.25, -0.2) is 0 Å². The summed E-state index contributed by atoms with van der Waals surface area (Å²) in [6.07, 6.45) is 3.06. The highest BCUT2D eigenvalue weighted by Gasteiger charge is 2.04. The summed E-state index contributed by atoms with van der Waals surface area (Å²) in [5.74, 6) is 0.850. The molecule has 3 aromatic rings. The van der Waals surface area contributed by atoms with Crippen molar-refractivity contribution in [1.82, 2.24) is 20.5 Å². The molecule has 0 saturated carbocycles. The monoisotopic (exact) mass is 491 g/mol. The van der Waals surface area contributed by atoms with Gasteiger partial charge in [-0.05, 0) is 30.7 Å². The van der Waals surface area contributed by atoms with Crippen molar-refractivity contribution < 1.29 is 0 Å². The minimum Gasteiger partial charge on any atom is -0.361 e. The molecule has 6 heteroatoms. The van der Waals surface area contributed by atoms with Crippen LogP contribution in [-0.4, -0.2) is 49.6 Å². The number of hydrogen-bond donors (Lipinski definition) is 3. The van der Waals surface area contributed by atoms with E-state index in [1.807, 2.05) is 7.05 Å². The summed E-state index contributed by atoms with van der Waals surface area (Å²) in [5, 5.41) is 8.09. The molecule has 0 amide bonds. The van der Waals surface area contributed by atoms with E-state index in [-0.39, 0.29) is 24.0 Å². The first-order valence-corrected chi connectivity index (χ1v) is 9.48. The van der Waals surface area contributed by atoms with Gasteiger partial charge in [0.25, 0.3) is 0 Å². The molecule has 0 bridgehead atoms. The Morgan fingerprint density at radius 1 is 1.00 bits per heavy atom. The minimum atomic E-state index is 0. The molecule has 0 radical (unpaired) electrons. The van der Waals surface area contributed by atoms with E-state index in [9.17, 15) is 0 Å². The van der Waals surface area contributed by atoms with Crippen molar-refractivity contribution in [3.05, 3.63) is 71.9 Å². The van der Waals surface area contributed by atoms with Crippen LogP contribution < -0.4 is 10.6 Å². The number of nitrogens with zero attached hydrogens (tertiary/aromatic N) is 2. The molecule has 5 nitrogen and oxygen atoms in total. The Morgan fingerprint density at radius 3 is 2.50 bits per heavy atom. The normalized spacial score (nSPS) is 11.5. The molecule has 0 saturated heterocycles. The van der Waals surface area contributed by atoms with Crippen LogP contribution in [0.25, 0.3) is 10.9 Å². The zero-order valence-corrected chi connectivity index (χ0v) is 18.9. The Labute approximate surface area is 184 Å². The quantitative estimate of drug-likeness (QED) is 0.256. The highest BCUT2D eigenvalue weighted by molar-refractivity contribution is 14.0. The summed E-state index contributed by atoms with van der Waals surface area (Å²) in [6, 6.07) is 19.0.